The predicted molar refractivity (Wildman–Crippen MR) is 141 cm³/mol. The Bertz CT molecular complexity index is 952. The third kappa shape index (κ3) is 5.50. The highest BCUT2D eigenvalue weighted by Gasteiger charge is 2.54. The van der Waals surface area contributed by atoms with Crippen LogP contribution >= 0.6 is 0 Å². The number of hydrogen-bond acceptors (Lipinski definition) is 4. The normalized spacial score (nSPS) is 24.6. The van der Waals surface area contributed by atoms with Crippen LogP contribution in [0.25, 0.3) is 0 Å². The molecule has 2 aromatic rings. The molecule has 2 atom stereocenters. The predicted octanol–water partition coefficient (Wildman–Crippen LogP) is 5.17. The van der Waals surface area contributed by atoms with Crippen LogP contribution in [0.1, 0.15) is 49.9 Å². The number of piperidine rings is 1. The van der Waals surface area contributed by atoms with Gasteiger partial charge in [-0.2, -0.15) is 0 Å². The number of anilines is 1. The van der Waals surface area contributed by atoms with Crippen LogP contribution in [0, 0.1) is 17.8 Å². The summed E-state index contributed by atoms with van der Waals surface area (Å²) in [6, 6.07) is 16.3. The van der Waals surface area contributed by atoms with E-state index in [0.717, 1.165) is 70.1 Å². The molecule has 34 heavy (non-hydrogen) atoms. The average Bonchev–Trinajstić information content (AvgIpc) is 3.27. The molecule has 0 bridgehead atoms. The molecule has 3 aliphatic rings. The Morgan fingerprint density at radius 2 is 1.74 bits per heavy atom. The Labute approximate surface area is 206 Å². The van der Waals surface area contributed by atoms with E-state index in [-0.39, 0.29) is 5.41 Å². The molecule has 2 unspecified atom stereocenters. The first-order valence-corrected chi connectivity index (χ1v) is 13.4. The van der Waals surface area contributed by atoms with Crippen LogP contribution in [-0.4, -0.2) is 55.7 Å². The standard InChI is InChI=1S/C30H43N3O/c1-5-34-15-14-32-13-12-23-8-11-26(16-24(23)19-32)31-17-27-28-20-33(21-29(27)28)18-22-6-9-25(10-7-22)30(2,3)4/h6-11,16,27-29,31H,5,12-15,17-21H2,1-4H3. The fourth-order valence-electron chi connectivity index (χ4n) is 6.03. The van der Waals surface area contributed by atoms with Crippen LogP contribution in [0.2, 0.25) is 0 Å². The lowest BCUT2D eigenvalue weighted by Crippen LogP contribution is -2.33. The molecule has 1 N–H and O–H groups in total. The van der Waals surface area contributed by atoms with E-state index in [1.807, 2.05) is 0 Å². The first-order valence-electron chi connectivity index (χ1n) is 13.4. The molecule has 1 saturated heterocycles. The molecule has 4 nitrogen and oxygen atoms in total. The van der Waals surface area contributed by atoms with Gasteiger partial charge in [0.2, 0.25) is 0 Å². The largest absolute Gasteiger partial charge is 0.385 e. The molecule has 184 valence electrons. The van der Waals surface area contributed by atoms with Crippen molar-refractivity contribution >= 4 is 5.69 Å². The lowest BCUT2D eigenvalue weighted by molar-refractivity contribution is 0.108. The molecular weight excluding hydrogens is 418 g/mol. The first-order chi connectivity index (χ1) is 16.4. The molecule has 0 radical (unpaired) electrons. The van der Waals surface area contributed by atoms with Gasteiger partial charge < -0.3 is 10.1 Å². The van der Waals surface area contributed by atoms with Crippen molar-refractivity contribution < 1.29 is 4.74 Å². The monoisotopic (exact) mass is 461 g/mol. The maximum atomic E-state index is 5.56. The second kappa shape index (κ2) is 10.0. The Hall–Kier alpha value is -1.88. The smallest absolute Gasteiger partial charge is 0.0593 e. The Balaban J connectivity index is 1.07. The van der Waals surface area contributed by atoms with Crippen LogP contribution in [-0.2, 0) is 29.7 Å². The van der Waals surface area contributed by atoms with Gasteiger partial charge in [-0.1, -0.05) is 51.1 Å². The van der Waals surface area contributed by atoms with Gasteiger partial charge in [0.25, 0.3) is 0 Å². The number of hydrogen-bond donors (Lipinski definition) is 1. The zero-order valence-electron chi connectivity index (χ0n) is 21.6. The number of likely N-dealkylation sites (tertiary alicyclic amines) is 1. The molecular formula is C30H43N3O. The summed E-state index contributed by atoms with van der Waals surface area (Å²) in [6.07, 6.45) is 1.16. The first kappa shape index (κ1) is 23.8. The number of ether oxygens (including phenoxy) is 1. The number of nitrogens with zero attached hydrogens (tertiary/aromatic N) is 2. The van der Waals surface area contributed by atoms with Crippen LogP contribution < -0.4 is 5.32 Å². The van der Waals surface area contributed by atoms with E-state index >= 15 is 0 Å². The molecule has 2 aliphatic heterocycles. The van der Waals surface area contributed by atoms with E-state index in [4.69, 9.17) is 4.74 Å². The van der Waals surface area contributed by atoms with Crippen molar-refractivity contribution in [2.75, 3.05) is 51.3 Å². The third-order valence-corrected chi connectivity index (χ3v) is 8.27. The summed E-state index contributed by atoms with van der Waals surface area (Å²) < 4.78 is 5.56. The molecule has 2 aromatic carbocycles. The van der Waals surface area contributed by atoms with Gasteiger partial charge in [0.05, 0.1) is 6.61 Å². The number of fused-ring (bicyclic) bond motifs is 2. The molecule has 4 heteroatoms. The van der Waals surface area contributed by atoms with Gasteiger partial charge in [-0.25, -0.2) is 0 Å². The van der Waals surface area contributed by atoms with Crippen LogP contribution in [0.5, 0.6) is 0 Å². The summed E-state index contributed by atoms with van der Waals surface area (Å²) in [5.41, 5.74) is 7.42. The minimum Gasteiger partial charge on any atom is -0.385 e. The van der Waals surface area contributed by atoms with E-state index in [1.54, 1.807) is 0 Å². The van der Waals surface area contributed by atoms with E-state index < -0.39 is 0 Å². The van der Waals surface area contributed by atoms with Crippen LogP contribution in [0.4, 0.5) is 5.69 Å². The van der Waals surface area contributed by atoms with Gasteiger partial charge in [0, 0.05) is 58.1 Å². The topological polar surface area (TPSA) is 27.7 Å². The van der Waals surface area contributed by atoms with E-state index in [9.17, 15) is 0 Å². The van der Waals surface area contributed by atoms with Crippen molar-refractivity contribution in [3.63, 3.8) is 0 Å². The molecule has 2 heterocycles. The summed E-state index contributed by atoms with van der Waals surface area (Å²) >= 11 is 0. The minimum absolute atomic E-state index is 0.231. The zero-order chi connectivity index (χ0) is 23.7. The Morgan fingerprint density at radius 1 is 0.971 bits per heavy atom. The molecule has 1 saturated carbocycles. The van der Waals surface area contributed by atoms with Crippen molar-refractivity contribution in [2.45, 2.75) is 52.6 Å². The lowest BCUT2D eigenvalue weighted by atomic mass is 9.87. The maximum Gasteiger partial charge on any atom is 0.0593 e. The third-order valence-electron chi connectivity index (χ3n) is 8.27. The summed E-state index contributed by atoms with van der Waals surface area (Å²) in [7, 11) is 0. The van der Waals surface area contributed by atoms with Gasteiger partial charge in [0.1, 0.15) is 0 Å². The quantitative estimate of drug-likeness (QED) is 0.522. The SMILES string of the molecule is CCOCCN1CCc2ccc(NCC3C4CN(Cc5ccc(C(C)(C)C)cc5)CC34)cc2C1. The molecule has 5 rings (SSSR count). The van der Waals surface area contributed by atoms with E-state index in [2.05, 4.69) is 85.3 Å². The van der Waals surface area contributed by atoms with Crippen molar-refractivity contribution in [1.82, 2.24) is 9.80 Å². The van der Waals surface area contributed by atoms with Crippen molar-refractivity contribution in [2.24, 2.45) is 17.8 Å². The summed E-state index contributed by atoms with van der Waals surface area (Å²) in [5, 5.41) is 3.78. The molecule has 2 fully saturated rings. The maximum absolute atomic E-state index is 5.56. The van der Waals surface area contributed by atoms with Gasteiger partial charge in [-0.3, -0.25) is 9.80 Å². The van der Waals surface area contributed by atoms with Crippen LogP contribution in [0.15, 0.2) is 42.5 Å². The fourth-order valence-corrected chi connectivity index (χ4v) is 6.03. The second-order valence-corrected chi connectivity index (χ2v) is 11.7. The Kier molecular flexibility index (Phi) is 7.02. The summed E-state index contributed by atoms with van der Waals surface area (Å²) in [4.78, 5) is 5.19. The molecule has 0 amide bonds. The van der Waals surface area contributed by atoms with Crippen molar-refractivity contribution in [1.29, 1.82) is 0 Å². The summed E-state index contributed by atoms with van der Waals surface area (Å²) in [6.45, 7) is 18.6. The Morgan fingerprint density at radius 3 is 2.44 bits per heavy atom. The lowest BCUT2D eigenvalue weighted by Gasteiger charge is -2.29. The van der Waals surface area contributed by atoms with Gasteiger partial charge in [-0.05, 0) is 70.9 Å². The number of benzene rings is 2. The molecule has 0 aromatic heterocycles. The minimum atomic E-state index is 0.231. The second-order valence-electron chi connectivity index (χ2n) is 11.7. The molecule has 0 spiro atoms. The van der Waals surface area contributed by atoms with Gasteiger partial charge >= 0.3 is 0 Å². The average molecular weight is 462 g/mol. The number of nitrogens with one attached hydrogen (secondary N) is 1. The number of rotatable bonds is 9. The van der Waals surface area contributed by atoms with Gasteiger partial charge in [-0.15, -0.1) is 0 Å². The van der Waals surface area contributed by atoms with E-state index in [1.165, 1.54) is 41.0 Å². The highest BCUT2D eigenvalue weighted by Crippen LogP contribution is 2.51. The van der Waals surface area contributed by atoms with Crippen LogP contribution in [0.3, 0.4) is 0 Å². The zero-order valence-corrected chi connectivity index (χ0v) is 21.6. The van der Waals surface area contributed by atoms with Gasteiger partial charge in [0.15, 0.2) is 0 Å². The highest BCUT2D eigenvalue weighted by molar-refractivity contribution is 5.49. The van der Waals surface area contributed by atoms with Crippen molar-refractivity contribution in [3.05, 3.63) is 64.7 Å². The summed E-state index contributed by atoms with van der Waals surface area (Å²) in [5.74, 6) is 2.61. The van der Waals surface area contributed by atoms with Crippen molar-refractivity contribution in [3.8, 4) is 0 Å². The molecule has 1 aliphatic carbocycles. The fraction of sp³-hybridized carbons (Fsp3) is 0.600. The van der Waals surface area contributed by atoms with E-state index in [0.29, 0.717) is 0 Å². The highest BCUT2D eigenvalue weighted by atomic mass is 16.5.